The van der Waals surface area contributed by atoms with Gasteiger partial charge in [0, 0.05) is 38.2 Å². The average molecular weight is 341 g/mol. The lowest BCUT2D eigenvalue weighted by atomic mass is 10.1. The van der Waals surface area contributed by atoms with Crippen LogP contribution in [-0.2, 0) is 14.8 Å². The first-order valence-electron chi connectivity index (χ1n) is 7.42. The van der Waals surface area contributed by atoms with E-state index < -0.39 is 14.9 Å². The molecule has 0 unspecified atom stereocenters. The van der Waals surface area contributed by atoms with E-state index in [0.717, 1.165) is 44.5 Å². The fourth-order valence-electron chi connectivity index (χ4n) is 2.42. The molecule has 1 fully saturated rings. The molecule has 126 valence electrons. The first kappa shape index (κ1) is 17.4. The van der Waals surface area contributed by atoms with Crippen LogP contribution >= 0.6 is 0 Å². The summed E-state index contributed by atoms with van der Waals surface area (Å²) in [7, 11) is -3.77. The molecule has 1 heterocycles. The van der Waals surface area contributed by atoms with Crippen LogP contribution < -0.4 is 4.72 Å². The van der Waals surface area contributed by atoms with Crippen molar-refractivity contribution >= 4 is 21.6 Å². The summed E-state index contributed by atoms with van der Waals surface area (Å²) in [5.74, 6) is -0.0592. The van der Waals surface area contributed by atoms with Gasteiger partial charge in [-0.25, -0.2) is 13.1 Å². The molecule has 0 aliphatic carbocycles. The summed E-state index contributed by atoms with van der Waals surface area (Å²) >= 11 is 0. The minimum absolute atomic E-state index is 0.00859. The number of carbonyl (C=O) groups excluding carboxylic acids is 1. The molecule has 0 atom stereocenters. The summed E-state index contributed by atoms with van der Waals surface area (Å²) in [4.78, 5) is 23.6. The Morgan fingerprint density at radius 3 is 2.35 bits per heavy atom. The van der Waals surface area contributed by atoms with Gasteiger partial charge in [0.2, 0.25) is 15.9 Å². The number of likely N-dealkylation sites (tertiary alicyclic amines) is 1. The second kappa shape index (κ2) is 7.51. The Kier molecular flexibility index (Phi) is 5.67. The molecule has 1 saturated heterocycles. The normalized spacial score (nSPS) is 15.4. The molecule has 1 N–H and O–H groups in total. The third kappa shape index (κ3) is 4.73. The zero-order valence-electron chi connectivity index (χ0n) is 12.6. The number of nitrogens with zero attached hydrogens (tertiary/aromatic N) is 2. The van der Waals surface area contributed by atoms with Crippen molar-refractivity contribution in [3.63, 3.8) is 0 Å². The van der Waals surface area contributed by atoms with Gasteiger partial charge in [-0.15, -0.1) is 0 Å². The van der Waals surface area contributed by atoms with E-state index in [4.69, 9.17) is 0 Å². The maximum atomic E-state index is 12.1. The first-order valence-corrected chi connectivity index (χ1v) is 8.90. The Morgan fingerprint density at radius 2 is 1.78 bits per heavy atom. The zero-order valence-corrected chi connectivity index (χ0v) is 13.4. The number of hydrogen-bond acceptors (Lipinski definition) is 5. The highest BCUT2D eigenvalue weighted by atomic mass is 32.2. The van der Waals surface area contributed by atoms with Crippen LogP contribution in [0, 0.1) is 10.1 Å². The standard InChI is InChI=1S/C14H19N3O5S/c18-14(16-10-2-1-3-11-16)8-9-15-23(21,22)13-6-4-12(5-7-13)17(19)20/h4-7,15H,1-3,8-11H2. The van der Waals surface area contributed by atoms with E-state index in [0.29, 0.717) is 0 Å². The van der Waals surface area contributed by atoms with Crippen LogP contribution in [0.2, 0.25) is 0 Å². The van der Waals surface area contributed by atoms with E-state index >= 15 is 0 Å². The van der Waals surface area contributed by atoms with E-state index in [2.05, 4.69) is 4.72 Å². The van der Waals surface area contributed by atoms with Crippen molar-refractivity contribution in [1.82, 2.24) is 9.62 Å². The SMILES string of the molecule is O=C(CCNS(=O)(=O)c1ccc([N+](=O)[O-])cc1)N1CCCCC1. The minimum Gasteiger partial charge on any atom is -0.343 e. The van der Waals surface area contributed by atoms with Crippen molar-refractivity contribution in [1.29, 1.82) is 0 Å². The topological polar surface area (TPSA) is 110 Å². The Bertz CT molecular complexity index is 666. The van der Waals surface area contributed by atoms with Gasteiger partial charge in [-0.1, -0.05) is 0 Å². The third-order valence-corrected chi connectivity index (χ3v) is 5.17. The lowest BCUT2D eigenvalue weighted by molar-refractivity contribution is -0.384. The molecule has 2 rings (SSSR count). The Hall–Kier alpha value is -2.00. The van der Waals surface area contributed by atoms with Crippen LogP contribution in [0.3, 0.4) is 0 Å². The van der Waals surface area contributed by atoms with Gasteiger partial charge >= 0.3 is 0 Å². The summed E-state index contributed by atoms with van der Waals surface area (Å²) < 4.78 is 26.5. The number of non-ortho nitro benzene ring substituents is 1. The van der Waals surface area contributed by atoms with Crippen molar-refractivity contribution in [3.05, 3.63) is 34.4 Å². The summed E-state index contributed by atoms with van der Waals surface area (Å²) in [5, 5.41) is 10.6. The zero-order chi connectivity index (χ0) is 16.9. The molecular formula is C14H19N3O5S. The monoisotopic (exact) mass is 341 g/mol. The summed E-state index contributed by atoms with van der Waals surface area (Å²) in [5.41, 5.74) is -0.177. The van der Waals surface area contributed by atoms with Gasteiger partial charge < -0.3 is 4.90 Å². The molecular weight excluding hydrogens is 322 g/mol. The van der Waals surface area contributed by atoms with Crippen molar-refractivity contribution in [2.75, 3.05) is 19.6 Å². The van der Waals surface area contributed by atoms with Crippen LogP contribution in [0.25, 0.3) is 0 Å². The minimum atomic E-state index is -3.77. The molecule has 8 nitrogen and oxygen atoms in total. The average Bonchev–Trinajstić information content (AvgIpc) is 2.55. The molecule has 1 aromatic carbocycles. The van der Waals surface area contributed by atoms with Gasteiger partial charge in [0.25, 0.3) is 5.69 Å². The van der Waals surface area contributed by atoms with Gasteiger partial charge in [0.1, 0.15) is 0 Å². The van der Waals surface area contributed by atoms with Crippen LogP contribution in [-0.4, -0.2) is 43.8 Å². The molecule has 0 aromatic heterocycles. The van der Waals surface area contributed by atoms with Gasteiger partial charge in [-0.3, -0.25) is 14.9 Å². The second-order valence-electron chi connectivity index (χ2n) is 5.34. The summed E-state index contributed by atoms with van der Waals surface area (Å²) in [6.07, 6.45) is 3.20. The van der Waals surface area contributed by atoms with Crippen molar-refractivity contribution in [3.8, 4) is 0 Å². The molecule has 1 aromatic rings. The van der Waals surface area contributed by atoms with E-state index in [9.17, 15) is 23.3 Å². The largest absolute Gasteiger partial charge is 0.343 e. The first-order chi connectivity index (χ1) is 10.9. The quantitative estimate of drug-likeness (QED) is 0.619. The predicted molar refractivity (Wildman–Crippen MR) is 83.3 cm³/mol. The number of benzene rings is 1. The molecule has 0 saturated carbocycles. The number of carbonyl (C=O) groups is 1. The molecule has 0 radical (unpaired) electrons. The lowest BCUT2D eigenvalue weighted by Crippen LogP contribution is -2.37. The van der Waals surface area contributed by atoms with Crippen molar-refractivity contribution in [2.24, 2.45) is 0 Å². The highest BCUT2D eigenvalue weighted by Gasteiger charge is 2.19. The highest BCUT2D eigenvalue weighted by molar-refractivity contribution is 7.89. The third-order valence-electron chi connectivity index (χ3n) is 3.70. The number of nitrogens with one attached hydrogen (secondary N) is 1. The van der Waals surface area contributed by atoms with E-state index in [1.807, 2.05) is 0 Å². The fourth-order valence-corrected chi connectivity index (χ4v) is 3.46. The van der Waals surface area contributed by atoms with Crippen LogP contribution in [0.4, 0.5) is 5.69 Å². The second-order valence-corrected chi connectivity index (χ2v) is 7.11. The summed E-state index contributed by atoms with van der Waals surface area (Å²) in [6.45, 7) is 1.47. The van der Waals surface area contributed by atoms with Gasteiger partial charge in [-0.05, 0) is 31.4 Å². The van der Waals surface area contributed by atoms with Gasteiger partial charge in [-0.2, -0.15) is 0 Å². The molecule has 9 heteroatoms. The smallest absolute Gasteiger partial charge is 0.269 e. The van der Waals surface area contributed by atoms with E-state index in [-0.39, 0.29) is 29.5 Å². The molecule has 0 spiro atoms. The maximum Gasteiger partial charge on any atom is 0.269 e. The van der Waals surface area contributed by atoms with Crippen molar-refractivity contribution < 1.29 is 18.1 Å². The van der Waals surface area contributed by atoms with Crippen molar-refractivity contribution in [2.45, 2.75) is 30.6 Å². The molecule has 1 aliphatic heterocycles. The highest BCUT2D eigenvalue weighted by Crippen LogP contribution is 2.15. The number of nitro groups is 1. The number of amides is 1. The van der Waals surface area contributed by atoms with Crippen LogP contribution in [0.15, 0.2) is 29.2 Å². The molecule has 0 bridgehead atoms. The van der Waals surface area contributed by atoms with Gasteiger partial charge in [0.05, 0.1) is 9.82 Å². The Labute approximate surface area is 134 Å². The van der Waals surface area contributed by atoms with Crippen LogP contribution in [0.1, 0.15) is 25.7 Å². The number of piperidine rings is 1. The number of nitro benzene ring substituents is 1. The summed E-state index contributed by atoms with van der Waals surface area (Å²) in [6, 6.07) is 4.61. The predicted octanol–water partition coefficient (Wildman–Crippen LogP) is 1.28. The fraction of sp³-hybridized carbons (Fsp3) is 0.500. The Balaban J connectivity index is 1.88. The van der Waals surface area contributed by atoms with E-state index in [1.165, 1.54) is 12.1 Å². The molecule has 1 aliphatic rings. The number of rotatable bonds is 6. The maximum absolute atomic E-state index is 12.1. The van der Waals surface area contributed by atoms with E-state index in [1.54, 1.807) is 4.90 Å². The Morgan fingerprint density at radius 1 is 1.17 bits per heavy atom. The van der Waals surface area contributed by atoms with Gasteiger partial charge in [0.15, 0.2) is 0 Å². The van der Waals surface area contributed by atoms with Crippen LogP contribution in [0.5, 0.6) is 0 Å². The number of hydrogen-bond donors (Lipinski definition) is 1. The lowest BCUT2D eigenvalue weighted by Gasteiger charge is -2.26. The number of sulfonamides is 1. The molecule has 1 amide bonds. The molecule has 23 heavy (non-hydrogen) atoms.